The molecule has 1 fully saturated rings. The second-order valence-corrected chi connectivity index (χ2v) is 5.01. The topological polar surface area (TPSA) is 60.6 Å². The maximum Gasteiger partial charge on any atom is 0.203 e. The highest BCUT2D eigenvalue weighted by Crippen LogP contribution is 2.37. The van der Waals surface area contributed by atoms with Gasteiger partial charge in [-0.3, -0.25) is 0 Å². The van der Waals surface area contributed by atoms with Gasteiger partial charge < -0.3 is 14.5 Å². The molecule has 6 nitrogen and oxygen atoms in total. The summed E-state index contributed by atoms with van der Waals surface area (Å²) in [4.78, 5) is 4.55. The molecule has 0 bridgehead atoms. The van der Waals surface area contributed by atoms with Crippen LogP contribution in [0.2, 0.25) is 0 Å². The van der Waals surface area contributed by atoms with E-state index in [0.29, 0.717) is 6.04 Å². The van der Waals surface area contributed by atoms with Crippen LogP contribution in [0.25, 0.3) is 0 Å². The highest BCUT2D eigenvalue weighted by Gasteiger charge is 2.27. The fourth-order valence-corrected chi connectivity index (χ4v) is 2.20. The summed E-state index contributed by atoms with van der Waals surface area (Å²) in [6.45, 7) is 4.10. The van der Waals surface area contributed by atoms with Crippen molar-refractivity contribution < 1.29 is 0 Å². The van der Waals surface area contributed by atoms with Gasteiger partial charge >= 0.3 is 0 Å². The SMILES string of the molecule is Cc1cn(C2CC2)c(NC(C)c2nncn2C)n1. The van der Waals surface area contributed by atoms with Gasteiger partial charge in [0.25, 0.3) is 0 Å². The first kappa shape index (κ1) is 11.3. The zero-order chi connectivity index (χ0) is 12.7. The molecule has 6 heteroatoms. The lowest BCUT2D eigenvalue weighted by Crippen LogP contribution is -2.15. The standard InChI is InChI=1S/C12H18N6/c1-8-6-18(10-4-5-10)12(14-8)15-9(2)11-16-13-7-17(11)3/h6-7,9-10H,4-5H2,1-3H3,(H,14,15). The Morgan fingerprint density at radius 2 is 2.22 bits per heavy atom. The van der Waals surface area contributed by atoms with Crippen molar-refractivity contribution in [1.29, 1.82) is 0 Å². The van der Waals surface area contributed by atoms with Crippen molar-refractivity contribution in [1.82, 2.24) is 24.3 Å². The molecule has 3 rings (SSSR count). The molecular formula is C12H18N6. The van der Waals surface area contributed by atoms with Crippen molar-refractivity contribution in [3.05, 3.63) is 24.0 Å². The van der Waals surface area contributed by atoms with Crippen LogP contribution in [0, 0.1) is 6.92 Å². The van der Waals surface area contributed by atoms with Gasteiger partial charge in [-0.25, -0.2) is 4.98 Å². The molecule has 0 aliphatic heterocycles. The lowest BCUT2D eigenvalue weighted by molar-refractivity contribution is 0.685. The number of aromatic nitrogens is 5. The Morgan fingerprint density at radius 1 is 1.44 bits per heavy atom. The van der Waals surface area contributed by atoms with Crippen molar-refractivity contribution in [2.45, 2.75) is 38.8 Å². The highest BCUT2D eigenvalue weighted by molar-refractivity contribution is 5.32. The minimum Gasteiger partial charge on any atom is -0.346 e. The third-order valence-electron chi connectivity index (χ3n) is 3.27. The average Bonchev–Trinajstić information content (AvgIpc) is 2.98. The van der Waals surface area contributed by atoms with Gasteiger partial charge in [0.15, 0.2) is 5.82 Å². The number of rotatable bonds is 4. The van der Waals surface area contributed by atoms with E-state index in [0.717, 1.165) is 17.5 Å². The Balaban J connectivity index is 1.82. The summed E-state index contributed by atoms with van der Waals surface area (Å²) in [5.74, 6) is 1.85. The minimum atomic E-state index is 0.0943. The maximum absolute atomic E-state index is 4.55. The van der Waals surface area contributed by atoms with E-state index in [4.69, 9.17) is 0 Å². The maximum atomic E-state index is 4.55. The van der Waals surface area contributed by atoms with Crippen molar-refractivity contribution in [3.63, 3.8) is 0 Å². The zero-order valence-corrected chi connectivity index (χ0v) is 11.0. The highest BCUT2D eigenvalue weighted by atomic mass is 15.3. The molecule has 1 atom stereocenters. The Labute approximate surface area is 106 Å². The first-order valence-corrected chi connectivity index (χ1v) is 6.31. The summed E-state index contributed by atoms with van der Waals surface area (Å²) in [7, 11) is 1.95. The second kappa shape index (κ2) is 4.12. The van der Waals surface area contributed by atoms with E-state index in [1.54, 1.807) is 6.33 Å². The zero-order valence-electron chi connectivity index (χ0n) is 11.0. The number of imidazole rings is 1. The van der Waals surface area contributed by atoms with E-state index < -0.39 is 0 Å². The van der Waals surface area contributed by atoms with Gasteiger partial charge in [0.2, 0.25) is 5.95 Å². The molecule has 0 saturated heterocycles. The van der Waals surface area contributed by atoms with E-state index in [9.17, 15) is 0 Å². The second-order valence-electron chi connectivity index (χ2n) is 5.01. The quantitative estimate of drug-likeness (QED) is 0.894. The van der Waals surface area contributed by atoms with Crippen molar-refractivity contribution in [3.8, 4) is 0 Å². The average molecular weight is 246 g/mol. The summed E-state index contributed by atoms with van der Waals surface area (Å²) in [5, 5.41) is 11.5. The van der Waals surface area contributed by atoms with Crippen LogP contribution in [-0.4, -0.2) is 24.3 Å². The van der Waals surface area contributed by atoms with Crippen LogP contribution >= 0.6 is 0 Å². The number of anilines is 1. The molecule has 0 radical (unpaired) electrons. The van der Waals surface area contributed by atoms with Crippen molar-refractivity contribution in [2.24, 2.45) is 7.05 Å². The van der Waals surface area contributed by atoms with Crippen LogP contribution in [-0.2, 0) is 7.05 Å². The molecule has 96 valence electrons. The number of nitrogens with zero attached hydrogens (tertiary/aromatic N) is 5. The van der Waals surface area contributed by atoms with E-state index in [1.807, 2.05) is 18.5 Å². The van der Waals surface area contributed by atoms with E-state index in [-0.39, 0.29) is 6.04 Å². The van der Waals surface area contributed by atoms with Crippen molar-refractivity contribution in [2.75, 3.05) is 5.32 Å². The number of hydrogen-bond acceptors (Lipinski definition) is 4. The largest absolute Gasteiger partial charge is 0.346 e. The molecule has 1 N–H and O–H groups in total. The summed E-state index contributed by atoms with van der Waals surface area (Å²) < 4.78 is 4.16. The van der Waals surface area contributed by atoms with Crippen LogP contribution in [0.15, 0.2) is 12.5 Å². The minimum absolute atomic E-state index is 0.0943. The predicted octanol–water partition coefficient (Wildman–Crippen LogP) is 1.83. The molecule has 1 aliphatic carbocycles. The van der Waals surface area contributed by atoms with E-state index in [2.05, 4.69) is 38.2 Å². The number of nitrogens with one attached hydrogen (secondary N) is 1. The lowest BCUT2D eigenvalue weighted by Gasteiger charge is -2.14. The molecule has 2 heterocycles. The van der Waals surface area contributed by atoms with Crippen LogP contribution in [0.1, 0.15) is 43.4 Å². The third kappa shape index (κ3) is 1.98. The molecule has 2 aromatic rings. The van der Waals surface area contributed by atoms with Gasteiger partial charge in [0.05, 0.1) is 11.7 Å². The van der Waals surface area contributed by atoms with Gasteiger partial charge in [-0.2, -0.15) is 0 Å². The fraction of sp³-hybridized carbons (Fsp3) is 0.583. The van der Waals surface area contributed by atoms with Gasteiger partial charge in [-0.1, -0.05) is 0 Å². The Kier molecular flexibility index (Phi) is 2.57. The first-order chi connectivity index (χ1) is 8.65. The molecule has 1 aliphatic rings. The van der Waals surface area contributed by atoms with Gasteiger partial charge in [-0.05, 0) is 26.7 Å². The molecule has 0 amide bonds. The molecule has 18 heavy (non-hydrogen) atoms. The summed E-state index contributed by atoms with van der Waals surface area (Å²) in [5.41, 5.74) is 1.05. The van der Waals surface area contributed by atoms with Gasteiger partial charge in [-0.15, -0.1) is 10.2 Å². The van der Waals surface area contributed by atoms with Crippen LogP contribution < -0.4 is 5.32 Å². The molecular weight excluding hydrogens is 228 g/mol. The monoisotopic (exact) mass is 246 g/mol. The molecule has 1 saturated carbocycles. The molecule has 0 spiro atoms. The normalized spacial score (nSPS) is 16.8. The summed E-state index contributed by atoms with van der Waals surface area (Å²) in [6.07, 6.45) is 6.33. The number of aryl methyl sites for hydroxylation is 2. The Bertz CT molecular complexity index is 551. The fourth-order valence-electron chi connectivity index (χ4n) is 2.20. The Hall–Kier alpha value is -1.85. The summed E-state index contributed by atoms with van der Waals surface area (Å²) >= 11 is 0. The number of hydrogen-bond donors (Lipinski definition) is 1. The molecule has 0 aromatic carbocycles. The van der Waals surface area contributed by atoms with Crippen LogP contribution in [0.3, 0.4) is 0 Å². The third-order valence-corrected chi connectivity index (χ3v) is 3.27. The van der Waals surface area contributed by atoms with Crippen LogP contribution in [0.4, 0.5) is 5.95 Å². The molecule has 2 aromatic heterocycles. The van der Waals surface area contributed by atoms with Gasteiger partial charge in [0, 0.05) is 19.3 Å². The van der Waals surface area contributed by atoms with E-state index in [1.165, 1.54) is 12.8 Å². The van der Waals surface area contributed by atoms with Gasteiger partial charge in [0.1, 0.15) is 6.33 Å². The van der Waals surface area contributed by atoms with Crippen LogP contribution in [0.5, 0.6) is 0 Å². The lowest BCUT2D eigenvalue weighted by atomic mass is 10.3. The van der Waals surface area contributed by atoms with E-state index >= 15 is 0 Å². The smallest absolute Gasteiger partial charge is 0.203 e. The van der Waals surface area contributed by atoms with Crippen molar-refractivity contribution >= 4 is 5.95 Å². The predicted molar refractivity (Wildman–Crippen MR) is 68.3 cm³/mol. The Morgan fingerprint density at radius 3 is 2.83 bits per heavy atom. The molecule has 1 unspecified atom stereocenters. The summed E-state index contributed by atoms with van der Waals surface area (Å²) in [6, 6.07) is 0.720. The first-order valence-electron chi connectivity index (χ1n) is 6.31.